The monoisotopic (exact) mass is 618 g/mol. The van der Waals surface area contributed by atoms with Gasteiger partial charge in [0.25, 0.3) is 0 Å². The summed E-state index contributed by atoms with van der Waals surface area (Å²) in [5.74, 6) is 0. The summed E-state index contributed by atoms with van der Waals surface area (Å²) in [5.41, 5.74) is -1.24. The molecular weight excluding hydrogens is 568 g/mol. The topological polar surface area (TPSA) is 247 Å². The van der Waals surface area contributed by atoms with Crippen LogP contribution in [0.1, 0.15) is 41.5 Å². The van der Waals surface area contributed by atoms with Crippen molar-refractivity contribution in [2.24, 2.45) is 0 Å². The summed E-state index contributed by atoms with van der Waals surface area (Å²) in [6.45, 7) is 8.54. The number of hydrogen-bond acceptors (Lipinski definition) is 16. The molecular formula is C26H50O16. The second kappa shape index (κ2) is 16.1. The lowest BCUT2D eigenvalue weighted by Crippen LogP contribution is -2.65. The lowest BCUT2D eigenvalue weighted by atomic mass is 9.97. The summed E-state index contributed by atoms with van der Waals surface area (Å²) in [7, 11) is 0. The minimum absolute atomic E-state index is 0.0807. The number of aliphatic hydroxyl groups excluding tert-OH is 9. The summed E-state index contributed by atoms with van der Waals surface area (Å²) in [5, 5.41) is 92.2. The van der Waals surface area contributed by atoms with Gasteiger partial charge in [0.1, 0.15) is 61.0 Å². The first-order valence-electron chi connectivity index (χ1n) is 13.9. The minimum atomic E-state index is -1.84. The van der Waals surface area contributed by atoms with Crippen LogP contribution in [0.3, 0.4) is 0 Å². The number of aliphatic hydroxyl groups is 9. The molecule has 42 heavy (non-hydrogen) atoms. The fourth-order valence-electron chi connectivity index (χ4n) is 4.22. The zero-order chi connectivity index (χ0) is 32.0. The summed E-state index contributed by atoms with van der Waals surface area (Å²) >= 11 is 0. The minimum Gasteiger partial charge on any atom is -0.394 e. The van der Waals surface area contributed by atoms with E-state index in [1.807, 2.05) is 20.8 Å². The van der Waals surface area contributed by atoms with Crippen LogP contribution in [0.5, 0.6) is 0 Å². The summed E-state index contributed by atoms with van der Waals surface area (Å²) < 4.78 is 39.0. The van der Waals surface area contributed by atoms with Crippen LogP contribution in [0, 0.1) is 0 Å². The molecule has 2 heterocycles. The van der Waals surface area contributed by atoms with Crippen molar-refractivity contribution in [2.75, 3.05) is 33.0 Å². The first-order valence-corrected chi connectivity index (χ1v) is 13.9. The molecule has 0 aliphatic carbocycles. The van der Waals surface area contributed by atoms with E-state index in [4.69, 9.17) is 33.2 Å². The van der Waals surface area contributed by atoms with Gasteiger partial charge in [-0.25, -0.2) is 0 Å². The molecule has 16 nitrogen and oxygen atoms in total. The molecule has 13 atom stereocenters. The summed E-state index contributed by atoms with van der Waals surface area (Å²) in [4.78, 5) is 0. The highest BCUT2D eigenvalue weighted by molar-refractivity contribution is 4.94. The van der Waals surface area contributed by atoms with Crippen LogP contribution in [0.4, 0.5) is 0 Å². The van der Waals surface area contributed by atoms with Gasteiger partial charge in [0.15, 0.2) is 18.9 Å². The Morgan fingerprint density at radius 1 is 0.690 bits per heavy atom. The molecule has 0 aromatic heterocycles. The quantitative estimate of drug-likeness (QED) is 0.0672. The molecule has 0 radical (unpaired) electrons. The zero-order valence-corrected chi connectivity index (χ0v) is 24.9. The maximum atomic E-state index is 10.8. The molecule has 2 aliphatic heterocycles. The molecule has 2 unspecified atom stereocenters. The van der Waals surface area contributed by atoms with E-state index < -0.39 is 111 Å². The van der Waals surface area contributed by atoms with Crippen LogP contribution in [-0.4, -0.2) is 170 Å². The second-order valence-corrected chi connectivity index (χ2v) is 12.3. The molecule has 2 fully saturated rings. The molecule has 250 valence electrons. The Balaban J connectivity index is 2.11. The van der Waals surface area contributed by atoms with Gasteiger partial charge in [0, 0.05) is 0 Å². The van der Waals surface area contributed by atoms with Crippen molar-refractivity contribution in [1.82, 2.24) is 0 Å². The van der Waals surface area contributed by atoms with E-state index in [-0.39, 0.29) is 13.2 Å². The van der Waals surface area contributed by atoms with Gasteiger partial charge in [0.05, 0.1) is 44.2 Å². The zero-order valence-electron chi connectivity index (χ0n) is 24.9. The number of ether oxygens (including phenoxy) is 7. The molecule has 0 spiro atoms. The molecule has 2 aliphatic rings. The van der Waals surface area contributed by atoms with Gasteiger partial charge < -0.3 is 79.1 Å². The molecule has 0 bridgehead atoms. The average Bonchev–Trinajstić information content (AvgIpc) is 2.90. The van der Waals surface area contributed by atoms with Crippen LogP contribution in [0.25, 0.3) is 0 Å². The van der Waals surface area contributed by atoms with Gasteiger partial charge in [-0.3, -0.25) is 0 Å². The SMILES string of the molecule is CC(C)(C)OCCO[C@H](OC[C@H]1OC(O[C@H]2[C@H](O)[C@@H](O)C(OC(C)(C)C)O[C@@H]2CO)[C@H](O)[C@@H](O)[C@@H]1O)[C@H](O)[C@@H](O)CO. The molecule has 0 amide bonds. The molecule has 0 saturated carbocycles. The van der Waals surface area contributed by atoms with Crippen LogP contribution in [-0.2, 0) is 33.2 Å². The smallest absolute Gasteiger partial charge is 0.187 e. The van der Waals surface area contributed by atoms with E-state index >= 15 is 0 Å². The van der Waals surface area contributed by atoms with E-state index in [2.05, 4.69) is 0 Å². The van der Waals surface area contributed by atoms with Gasteiger partial charge in [-0.2, -0.15) is 0 Å². The van der Waals surface area contributed by atoms with Crippen molar-refractivity contribution in [3.8, 4) is 0 Å². The van der Waals surface area contributed by atoms with Crippen molar-refractivity contribution in [3.63, 3.8) is 0 Å². The third-order valence-electron chi connectivity index (χ3n) is 6.44. The maximum Gasteiger partial charge on any atom is 0.187 e. The molecule has 2 saturated heterocycles. The highest BCUT2D eigenvalue weighted by Crippen LogP contribution is 2.31. The number of hydrogen-bond donors (Lipinski definition) is 9. The fourth-order valence-corrected chi connectivity index (χ4v) is 4.22. The Bertz CT molecular complexity index is 772. The number of rotatable bonds is 14. The highest BCUT2D eigenvalue weighted by Gasteiger charge is 2.51. The van der Waals surface area contributed by atoms with Crippen molar-refractivity contribution < 1.29 is 79.1 Å². The Morgan fingerprint density at radius 3 is 1.83 bits per heavy atom. The van der Waals surface area contributed by atoms with Gasteiger partial charge in [-0.15, -0.1) is 0 Å². The molecule has 2 rings (SSSR count). The van der Waals surface area contributed by atoms with E-state index in [1.165, 1.54) is 0 Å². The van der Waals surface area contributed by atoms with Crippen molar-refractivity contribution in [1.29, 1.82) is 0 Å². The Hall–Kier alpha value is -0.640. The van der Waals surface area contributed by atoms with Crippen LogP contribution < -0.4 is 0 Å². The van der Waals surface area contributed by atoms with E-state index in [0.29, 0.717) is 0 Å². The lowest BCUT2D eigenvalue weighted by molar-refractivity contribution is -0.368. The average molecular weight is 619 g/mol. The summed E-state index contributed by atoms with van der Waals surface area (Å²) in [6.07, 6.45) is -20.7. The van der Waals surface area contributed by atoms with E-state index in [9.17, 15) is 46.0 Å². The third-order valence-corrected chi connectivity index (χ3v) is 6.44. The molecule has 0 aromatic rings. The Morgan fingerprint density at radius 2 is 1.29 bits per heavy atom. The maximum absolute atomic E-state index is 10.8. The standard InChI is InChI=1S/C26H50O16/c1-25(2,3)38-8-7-36-22(15(30)12(29)9-27)37-11-14-16(31)17(32)19(34)23(40-14)41-21-13(10-28)39-24(20(35)18(21)33)42-26(4,5)6/h12-24,27-35H,7-11H2,1-6H3/t12-,13+,14+,15+,16+,17-,18+,19+,20+,21+,22+,23?,24?/m0/s1. The fraction of sp³-hybridized carbons (Fsp3) is 1.00. The Labute approximate surface area is 245 Å². The predicted octanol–water partition coefficient (Wildman–Crippen LogP) is -3.68. The first-order chi connectivity index (χ1) is 19.4. The Kier molecular flexibility index (Phi) is 14.4. The van der Waals surface area contributed by atoms with Gasteiger partial charge in [-0.05, 0) is 41.5 Å². The van der Waals surface area contributed by atoms with Gasteiger partial charge in [-0.1, -0.05) is 0 Å². The highest BCUT2D eigenvalue weighted by atomic mass is 16.8. The normalized spacial score (nSPS) is 36.9. The second-order valence-electron chi connectivity index (χ2n) is 12.3. The van der Waals surface area contributed by atoms with E-state index in [0.717, 1.165) is 0 Å². The van der Waals surface area contributed by atoms with Crippen LogP contribution >= 0.6 is 0 Å². The largest absolute Gasteiger partial charge is 0.394 e. The van der Waals surface area contributed by atoms with Crippen molar-refractivity contribution in [3.05, 3.63) is 0 Å². The molecule has 0 aromatic carbocycles. The molecule has 16 heteroatoms. The third kappa shape index (κ3) is 10.8. The van der Waals surface area contributed by atoms with Gasteiger partial charge in [0.2, 0.25) is 0 Å². The van der Waals surface area contributed by atoms with E-state index in [1.54, 1.807) is 20.8 Å². The lowest BCUT2D eigenvalue weighted by Gasteiger charge is -2.47. The first kappa shape index (κ1) is 37.5. The predicted molar refractivity (Wildman–Crippen MR) is 141 cm³/mol. The van der Waals surface area contributed by atoms with Crippen molar-refractivity contribution in [2.45, 2.75) is 133 Å². The van der Waals surface area contributed by atoms with Gasteiger partial charge >= 0.3 is 0 Å². The summed E-state index contributed by atoms with van der Waals surface area (Å²) in [6, 6.07) is 0. The van der Waals surface area contributed by atoms with Crippen molar-refractivity contribution >= 4 is 0 Å². The van der Waals surface area contributed by atoms with Crippen LogP contribution in [0.2, 0.25) is 0 Å². The van der Waals surface area contributed by atoms with Crippen LogP contribution in [0.15, 0.2) is 0 Å². The molecule has 9 N–H and O–H groups in total.